The van der Waals surface area contributed by atoms with Crippen molar-refractivity contribution in [1.82, 2.24) is 15.2 Å². The number of nitrogen functional groups attached to an aromatic ring is 1. The number of nitrogens with two attached hydrogens (primary N) is 1. The van der Waals surface area contributed by atoms with E-state index >= 15 is 0 Å². The lowest BCUT2D eigenvalue weighted by Crippen LogP contribution is -1.99. The second-order valence-corrected chi connectivity index (χ2v) is 6.42. The summed E-state index contributed by atoms with van der Waals surface area (Å²) in [5.41, 5.74) is 6.31. The Balaban J connectivity index is 2.15. The molecule has 0 atom stereocenters. The van der Waals surface area contributed by atoms with E-state index in [1.54, 1.807) is 29.2 Å². The Bertz CT molecular complexity index is 532. The number of nitrogens with zero attached hydrogens (tertiary/aromatic N) is 3. The van der Waals surface area contributed by atoms with Crippen LogP contribution in [-0.2, 0) is 0 Å². The zero-order valence-electron chi connectivity index (χ0n) is 9.91. The summed E-state index contributed by atoms with van der Waals surface area (Å²) in [6.45, 7) is 2.44. The molecule has 2 N–H and O–H groups in total. The Morgan fingerprint density at radius 2 is 2.11 bits per heavy atom. The lowest BCUT2D eigenvalue weighted by molar-refractivity contribution is 0.326. The van der Waals surface area contributed by atoms with Crippen LogP contribution < -0.4 is 10.5 Å². The molecule has 2 aromatic rings. The van der Waals surface area contributed by atoms with Crippen molar-refractivity contribution in [3.8, 4) is 5.88 Å². The number of anilines is 1. The van der Waals surface area contributed by atoms with Gasteiger partial charge in [0.25, 0.3) is 0 Å². The smallest absolute Gasteiger partial charge is 0.238 e. The highest BCUT2D eigenvalue weighted by Crippen LogP contribution is 2.33. The number of rotatable bonds is 5. The normalized spacial score (nSPS) is 10.6. The fourth-order valence-corrected chi connectivity index (χ4v) is 3.50. The largest absolute Gasteiger partial charge is 0.476 e. The first kappa shape index (κ1) is 13.4. The molecule has 0 aliphatic heterocycles. The zero-order chi connectivity index (χ0) is 13.0. The monoisotopic (exact) mass is 300 g/mol. The molecule has 0 spiro atoms. The van der Waals surface area contributed by atoms with E-state index in [0.29, 0.717) is 18.2 Å². The molecule has 0 amide bonds. The third-order valence-corrected chi connectivity index (χ3v) is 4.79. The third kappa shape index (κ3) is 3.27. The van der Waals surface area contributed by atoms with Gasteiger partial charge in [-0.3, -0.25) is 0 Å². The van der Waals surface area contributed by atoms with E-state index in [-0.39, 0.29) is 0 Å². The highest BCUT2D eigenvalue weighted by Gasteiger charge is 2.09. The molecule has 18 heavy (non-hydrogen) atoms. The Hall–Kier alpha value is -0.990. The van der Waals surface area contributed by atoms with Gasteiger partial charge in [0.05, 0.1) is 12.3 Å². The van der Waals surface area contributed by atoms with Crippen LogP contribution in [0.2, 0.25) is 0 Å². The molecule has 0 aliphatic rings. The van der Waals surface area contributed by atoms with E-state index in [2.05, 4.69) is 15.2 Å². The quantitative estimate of drug-likeness (QED) is 0.851. The minimum Gasteiger partial charge on any atom is -0.476 e. The number of thioether (sulfide) groups is 1. The van der Waals surface area contributed by atoms with Crippen LogP contribution in [0.25, 0.3) is 0 Å². The average Bonchev–Trinajstić information content (AvgIpc) is 2.81. The summed E-state index contributed by atoms with van der Waals surface area (Å²) < 4.78 is 7.16. The number of ether oxygens (including phenoxy) is 1. The van der Waals surface area contributed by atoms with E-state index in [1.165, 1.54) is 11.8 Å². The van der Waals surface area contributed by atoms with Crippen LogP contribution in [0.3, 0.4) is 0 Å². The Kier molecular flexibility index (Phi) is 4.67. The van der Waals surface area contributed by atoms with E-state index in [4.69, 9.17) is 10.5 Å². The second kappa shape index (κ2) is 6.26. The van der Waals surface area contributed by atoms with E-state index in [0.717, 1.165) is 13.7 Å². The maximum atomic E-state index is 5.77. The average molecular weight is 300 g/mol. The predicted molar refractivity (Wildman–Crippen MR) is 75.6 cm³/mol. The summed E-state index contributed by atoms with van der Waals surface area (Å²) in [5, 5.41) is 8.92. The topological polar surface area (TPSA) is 73.9 Å². The minimum absolute atomic E-state index is 0.470. The van der Waals surface area contributed by atoms with E-state index in [9.17, 15) is 0 Å². The van der Waals surface area contributed by atoms with Crippen molar-refractivity contribution in [2.75, 3.05) is 18.6 Å². The van der Waals surface area contributed by atoms with Gasteiger partial charge in [-0.15, -0.1) is 10.2 Å². The molecule has 0 fully saturated rings. The van der Waals surface area contributed by atoms with Gasteiger partial charge in [0.2, 0.25) is 5.88 Å². The SMILES string of the molecule is CCOc1nc(Sc2nnc(SC)s2)ccc1N. The Morgan fingerprint density at radius 1 is 1.33 bits per heavy atom. The second-order valence-electron chi connectivity index (χ2n) is 3.12. The molecule has 2 heterocycles. The molecule has 0 aromatic carbocycles. The van der Waals surface area contributed by atoms with Crippen LogP contribution in [-0.4, -0.2) is 28.0 Å². The van der Waals surface area contributed by atoms with Crippen LogP contribution >= 0.6 is 34.9 Å². The summed E-state index contributed by atoms with van der Waals surface area (Å²) in [4.78, 5) is 4.34. The first-order chi connectivity index (χ1) is 8.72. The summed E-state index contributed by atoms with van der Waals surface area (Å²) in [6.07, 6.45) is 1.98. The minimum atomic E-state index is 0.470. The van der Waals surface area contributed by atoms with Crippen molar-refractivity contribution in [2.45, 2.75) is 20.6 Å². The van der Waals surface area contributed by atoms with Crippen LogP contribution in [0.5, 0.6) is 5.88 Å². The van der Waals surface area contributed by atoms with Crippen molar-refractivity contribution >= 4 is 40.5 Å². The maximum absolute atomic E-state index is 5.77. The fraction of sp³-hybridized carbons (Fsp3) is 0.300. The maximum Gasteiger partial charge on any atom is 0.238 e. The molecule has 5 nitrogen and oxygen atoms in total. The first-order valence-electron chi connectivity index (χ1n) is 5.17. The highest BCUT2D eigenvalue weighted by molar-refractivity contribution is 8.02. The fourth-order valence-electron chi connectivity index (χ4n) is 1.15. The molecule has 0 aliphatic carbocycles. The van der Waals surface area contributed by atoms with Crippen LogP contribution in [0.15, 0.2) is 25.8 Å². The number of aromatic nitrogens is 3. The Morgan fingerprint density at radius 3 is 2.78 bits per heavy atom. The van der Waals surface area contributed by atoms with E-state index < -0.39 is 0 Å². The molecular weight excluding hydrogens is 288 g/mol. The van der Waals surface area contributed by atoms with Crippen LogP contribution in [0.4, 0.5) is 5.69 Å². The summed E-state index contributed by atoms with van der Waals surface area (Å²) >= 11 is 4.58. The molecule has 0 bridgehead atoms. The molecule has 0 unspecified atom stereocenters. The molecule has 2 aromatic heterocycles. The lowest BCUT2D eigenvalue weighted by atomic mass is 10.4. The van der Waals surface area contributed by atoms with Gasteiger partial charge in [-0.2, -0.15) is 0 Å². The predicted octanol–water partition coefficient (Wildman–Crippen LogP) is 2.79. The molecule has 8 heteroatoms. The van der Waals surface area contributed by atoms with Crippen molar-refractivity contribution in [3.63, 3.8) is 0 Å². The molecule has 2 rings (SSSR count). The van der Waals surface area contributed by atoms with Crippen LogP contribution in [0.1, 0.15) is 6.92 Å². The van der Waals surface area contributed by atoms with Gasteiger partial charge in [0.15, 0.2) is 8.68 Å². The molecule has 0 saturated carbocycles. The van der Waals surface area contributed by atoms with Gasteiger partial charge in [-0.05, 0) is 37.1 Å². The highest BCUT2D eigenvalue weighted by atomic mass is 32.2. The molecule has 0 radical (unpaired) electrons. The van der Waals surface area contributed by atoms with Gasteiger partial charge in [0.1, 0.15) is 5.03 Å². The van der Waals surface area contributed by atoms with Crippen LogP contribution in [0, 0.1) is 0 Å². The van der Waals surface area contributed by atoms with E-state index in [1.807, 2.05) is 19.2 Å². The lowest BCUT2D eigenvalue weighted by Gasteiger charge is -2.06. The number of hydrogen-bond acceptors (Lipinski definition) is 8. The molecule has 0 saturated heterocycles. The third-order valence-electron chi connectivity index (χ3n) is 1.90. The molecule has 96 valence electrons. The standard InChI is InChI=1S/C10H12N4OS3/c1-3-15-8-6(11)4-5-7(12-8)17-10-14-13-9(16-2)18-10/h4-5H,3,11H2,1-2H3. The van der Waals surface area contributed by atoms with Crippen molar-refractivity contribution in [2.24, 2.45) is 0 Å². The van der Waals surface area contributed by atoms with Crippen molar-refractivity contribution in [3.05, 3.63) is 12.1 Å². The van der Waals surface area contributed by atoms with Gasteiger partial charge in [0, 0.05) is 0 Å². The van der Waals surface area contributed by atoms with Gasteiger partial charge in [-0.1, -0.05) is 23.1 Å². The number of pyridine rings is 1. The summed E-state index contributed by atoms with van der Waals surface area (Å²) in [7, 11) is 0. The molecular formula is C10H12N4OS3. The van der Waals surface area contributed by atoms with Crippen molar-refractivity contribution in [1.29, 1.82) is 0 Å². The summed E-state index contributed by atoms with van der Waals surface area (Å²) in [6, 6.07) is 3.64. The summed E-state index contributed by atoms with van der Waals surface area (Å²) in [5.74, 6) is 0.470. The van der Waals surface area contributed by atoms with Gasteiger partial charge < -0.3 is 10.5 Å². The zero-order valence-corrected chi connectivity index (χ0v) is 12.4. The van der Waals surface area contributed by atoms with Gasteiger partial charge >= 0.3 is 0 Å². The first-order valence-corrected chi connectivity index (χ1v) is 8.03. The van der Waals surface area contributed by atoms with Gasteiger partial charge in [-0.25, -0.2) is 4.98 Å². The number of hydrogen-bond donors (Lipinski definition) is 1. The Labute approximate surface area is 118 Å². The van der Waals surface area contributed by atoms with Crippen molar-refractivity contribution < 1.29 is 4.74 Å².